The second-order valence-corrected chi connectivity index (χ2v) is 10.8. The summed E-state index contributed by atoms with van der Waals surface area (Å²) in [6.07, 6.45) is -2.72. The molecule has 41 heavy (non-hydrogen) atoms. The zero-order valence-corrected chi connectivity index (χ0v) is 24.2. The minimum absolute atomic E-state index is 0.00552. The number of rotatable bonds is 9. The van der Waals surface area contributed by atoms with Crippen LogP contribution in [-0.4, -0.2) is 28.7 Å². The Morgan fingerprint density at radius 1 is 0.805 bits per heavy atom. The number of alkyl halides is 2. The van der Waals surface area contributed by atoms with Crippen LogP contribution in [0.5, 0.6) is 0 Å². The number of amides is 3. The Labute approximate surface area is 249 Å². The summed E-state index contributed by atoms with van der Waals surface area (Å²) in [6.45, 7) is 3.07. The number of hydrogen-bond acceptors (Lipinski definition) is 3. The Hall–Kier alpha value is -3.66. The van der Waals surface area contributed by atoms with E-state index in [0.717, 1.165) is 0 Å². The van der Waals surface area contributed by atoms with Gasteiger partial charge >= 0.3 is 0 Å². The molecule has 0 fully saturated rings. The van der Waals surface area contributed by atoms with Gasteiger partial charge in [0, 0.05) is 34.7 Å². The number of hydrogen-bond donors (Lipinski definition) is 3. The average molecular weight is 622 g/mol. The molecule has 7 nitrogen and oxygen atoms in total. The van der Waals surface area contributed by atoms with E-state index in [-0.39, 0.29) is 39.7 Å². The van der Waals surface area contributed by atoms with Crippen LogP contribution in [0.2, 0.25) is 15.1 Å². The molecule has 3 N–H and O–H groups in total. The molecular formula is C29H25Cl3F2N4O3. The van der Waals surface area contributed by atoms with Crippen LogP contribution in [0.3, 0.4) is 0 Å². The third kappa shape index (κ3) is 7.35. The zero-order valence-electron chi connectivity index (χ0n) is 21.9. The number of fused-ring (bicyclic) bond motifs is 1. The summed E-state index contributed by atoms with van der Waals surface area (Å²) < 4.78 is 28.1. The molecule has 0 saturated heterocycles. The van der Waals surface area contributed by atoms with Crippen molar-refractivity contribution >= 4 is 74.8 Å². The number of benzene rings is 3. The lowest BCUT2D eigenvalue weighted by molar-refractivity contribution is -0.124. The van der Waals surface area contributed by atoms with Crippen LogP contribution in [-0.2, 0) is 17.9 Å². The number of halogens is 5. The van der Waals surface area contributed by atoms with Crippen LogP contribution in [0.4, 0.5) is 20.2 Å². The Kier molecular flexibility index (Phi) is 9.53. The maximum Gasteiger partial charge on any atom is 0.272 e. The van der Waals surface area contributed by atoms with Gasteiger partial charge < -0.3 is 20.5 Å². The molecule has 1 aromatic heterocycles. The molecule has 0 atom stereocenters. The second-order valence-electron chi connectivity index (χ2n) is 9.53. The van der Waals surface area contributed by atoms with Crippen LogP contribution in [0, 0.1) is 5.92 Å². The fraction of sp³-hybridized carbons (Fsp3) is 0.207. The van der Waals surface area contributed by atoms with Crippen molar-refractivity contribution in [3.8, 4) is 0 Å². The number of aromatic nitrogens is 1. The van der Waals surface area contributed by atoms with Crippen molar-refractivity contribution in [3.63, 3.8) is 0 Å². The molecule has 12 heteroatoms. The monoisotopic (exact) mass is 620 g/mol. The van der Waals surface area contributed by atoms with Gasteiger partial charge in [0.15, 0.2) is 0 Å². The molecule has 0 unspecified atom stereocenters. The Morgan fingerprint density at radius 2 is 1.46 bits per heavy atom. The van der Waals surface area contributed by atoms with Crippen LogP contribution < -0.4 is 16.0 Å². The Balaban J connectivity index is 1.58. The van der Waals surface area contributed by atoms with Crippen LogP contribution in [0.15, 0.2) is 60.7 Å². The van der Waals surface area contributed by atoms with Crippen LogP contribution in [0.25, 0.3) is 10.9 Å². The lowest BCUT2D eigenvalue weighted by Crippen LogP contribution is -2.27. The molecular weight excluding hydrogens is 597 g/mol. The average Bonchev–Trinajstić information content (AvgIpc) is 3.26. The second kappa shape index (κ2) is 12.9. The first-order valence-corrected chi connectivity index (χ1v) is 13.6. The highest BCUT2D eigenvalue weighted by molar-refractivity contribution is 6.42. The highest BCUT2D eigenvalue weighted by atomic mass is 35.5. The summed E-state index contributed by atoms with van der Waals surface area (Å²) in [5.41, 5.74) is 1.96. The van der Waals surface area contributed by atoms with Crippen molar-refractivity contribution in [2.45, 2.75) is 33.4 Å². The van der Waals surface area contributed by atoms with Gasteiger partial charge in [-0.1, -0.05) is 54.7 Å². The van der Waals surface area contributed by atoms with Crippen molar-refractivity contribution < 1.29 is 23.2 Å². The first-order valence-electron chi connectivity index (χ1n) is 12.5. The summed E-state index contributed by atoms with van der Waals surface area (Å²) in [5, 5.41) is 9.39. The molecule has 3 aromatic carbocycles. The van der Waals surface area contributed by atoms with Crippen molar-refractivity contribution in [1.29, 1.82) is 0 Å². The molecule has 0 spiro atoms. The molecule has 0 aliphatic rings. The normalized spacial score (nSPS) is 11.2. The molecule has 1 heterocycles. The molecule has 3 amide bonds. The van der Waals surface area contributed by atoms with Crippen molar-refractivity contribution in [3.05, 3.63) is 92.6 Å². The quantitative estimate of drug-likeness (QED) is 0.179. The van der Waals surface area contributed by atoms with E-state index in [4.69, 9.17) is 34.8 Å². The summed E-state index contributed by atoms with van der Waals surface area (Å²) >= 11 is 18.2. The highest BCUT2D eigenvalue weighted by Gasteiger charge is 2.20. The lowest BCUT2D eigenvalue weighted by atomic mass is 10.1. The van der Waals surface area contributed by atoms with Gasteiger partial charge in [-0.05, 0) is 60.2 Å². The Bertz CT molecular complexity index is 1640. The number of carbonyl (C=O) groups excluding carboxylic acids is 3. The number of anilines is 2. The van der Waals surface area contributed by atoms with Gasteiger partial charge in [0.25, 0.3) is 18.2 Å². The minimum atomic E-state index is -2.72. The minimum Gasteiger partial charge on any atom is -0.352 e. The first-order chi connectivity index (χ1) is 19.4. The van der Waals surface area contributed by atoms with Crippen LogP contribution in [0.1, 0.15) is 40.3 Å². The van der Waals surface area contributed by atoms with E-state index in [0.29, 0.717) is 32.9 Å². The van der Waals surface area contributed by atoms with E-state index in [1.165, 1.54) is 28.8 Å². The van der Waals surface area contributed by atoms with Crippen molar-refractivity contribution in [1.82, 2.24) is 9.88 Å². The molecule has 4 rings (SSSR count). The SMILES string of the molecule is CC(C)C(=O)NCc1ccc(Cl)c(C(=O)Nc2ccc3c(c2)cc(C(=O)Nc2ccc(Cl)c(Cl)c2)n3CC(F)F)c1. The largest absolute Gasteiger partial charge is 0.352 e. The lowest BCUT2D eigenvalue weighted by Gasteiger charge is -2.12. The number of nitrogens with one attached hydrogen (secondary N) is 3. The summed E-state index contributed by atoms with van der Waals surface area (Å²) in [5.74, 6) is -1.43. The van der Waals surface area contributed by atoms with E-state index in [9.17, 15) is 23.2 Å². The predicted octanol–water partition coefficient (Wildman–Crippen LogP) is 7.64. The van der Waals surface area contributed by atoms with Crippen LogP contribution >= 0.6 is 34.8 Å². The first kappa shape index (κ1) is 30.3. The van der Waals surface area contributed by atoms with Gasteiger partial charge in [-0.3, -0.25) is 14.4 Å². The smallest absolute Gasteiger partial charge is 0.272 e. The molecule has 0 bridgehead atoms. The van der Waals surface area contributed by atoms with Crippen molar-refractivity contribution in [2.24, 2.45) is 5.92 Å². The predicted molar refractivity (Wildman–Crippen MR) is 158 cm³/mol. The van der Waals surface area contributed by atoms with E-state index in [1.807, 2.05) is 0 Å². The fourth-order valence-electron chi connectivity index (χ4n) is 4.09. The van der Waals surface area contributed by atoms with E-state index >= 15 is 0 Å². The Morgan fingerprint density at radius 3 is 2.15 bits per heavy atom. The highest BCUT2D eigenvalue weighted by Crippen LogP contribution is 2.28. The van der Waals surface area contributed by atoms with Gasteiger partial charge in [0.05, 0.1) is 27.2 Å². The van der Waals surface area contributed by atoms with Gasteiger partial charge in [0.1, 0.15) is 5.69 Å². The third-order valence-electron chi connectivity index (χ3n) is 6.16. The summed E-state index contributed by atoms with van der Waals surface area (Å²) in [6, 6.07) is 15.5. The number of carbonyl (C=O) groups is 3. The van der Waals surface area contributed by atoms with Gasteiger partial charge in [0.2, 0.25) is 5.91 Å². The molecule has 4 aromatic rings. The van der Waals surface area contributed by atoms with E-state index < -0.39 is 24.8 Å². The van der Waals surface area contributed by atoms with E-state index in [2.05, 4.69) is 16.0 Å². The third-order valence-corrected chi connectivity index (χ3v) is 7.23. The number of nitrogens with zero attached hydrogens (tertiary/aromatic N) is 1. The summed E-state index contributed by atoms with van der Waals surface area (Å²) in [7, 11) is 0. The maximum atomic E-state index is 13.5. The fourth-order valence-corrected chi connectivity index (χ4v) is 4.59. The topological polar surface area (TPSA) is 92.2 Å². The van der Waals surface area contributed by atoms with Crippen molar-refractivity contribution in [2.75, 3.05) is 10.6 Å². The molecule has 214 valence electrons. The zero-order chi connectivity index (χ0) is 29.8. The molecule has 0 aliphatic heterocycles. The van der Waals surface area contributed by atoms with E-state index in [1.54, 1.807) is 50.2 Å². The van der Waals surface area contributed by atoms with Gasteiger partial charge in [-0.2, -0.15) is 0 Å². The van der Waals surface area contributed by atoms with Gasteiger partial charge in [-0.25, -0.2) is 8.78 Å². The maximum absolute atomic E-state index is 13.5. The molecule has 0 aliphatic carbocycles. The molecule has 0 saturated carbocycles. The molecule has 0 radical (unpaired) electrons. The van der Waals surface area contributed by atoms with Gasteiger partial charge in [-0.15, -0.1) is 0 Å². The summed E-state index contributed by atoms with van der Waals surface area (Å²) in [4.78, 5) is 38.0. The standard InChI is InChI=1S/C29H25Cl3F2N4O3/c1-15(2)27(39)35-13-16-3-6-21(30)20(9-16)28(40)36-18-5-8-24-17(10-18)11-25(38(24)14-26(33)34)29(41)37-19-4-7-22(31)23(32)12-19/h3-12,15,26H,13-14H2,1-2H3,(H,35,39)(H,36,40)(H,37,41).